The molecule has 1 aliphatic rings. The Hall–Kier alpha value is -0.770. The Bertz CT molecular complexity index is 548. The van der Waals surface area contributed by atoms with Gasteiger partial charge in [0.05, 0.1) is 0 Å². The van der Waals surface area contributed by atoms with Crippen molar-refractivity contribution in [3.63, 3.8) is 0 Å². The van der Waals surface area contributed by atoms with Gasteiger partial charge in [-0.05, 0) is 30.9 Å². The van der Waals surface area contributed by atoms with E-state index in [1.807, 2.05) is 11.8 Å². The smallest absolute Gasteiger partial charge is 0.129 e. The molecule has 4 heteroatoms. The molecular weight excluding hydrogens is 329 g/mol. The van der Waals surface area contributed by atoms with E-state index in [4.69, 9.17) is 11.6 Å². The van der Waals surface area contributed by atoms with Crippen LogP contribution in [0.4, 0.5) is 4.39 Å². The minimum atomic E-state index is -0.211. The molecule has 1 nitrogen and oxygen atoms in total. The Morgan fingerprint density at radius 1 is 1.30 bits per heavy atom. The molecule has 126 valence electrons. The highest BCUT2D eigenvalue weighted by Crippen LogP contribution is 2.24. The minimum absolute atomic E-state index is 0.211. The number of rotatable bonds is 8. The lowest BCUT2D eigenvalue weighted by Crippen LogP contribution is -2.30. The van der Waals surface area contributed by atoms with Crippen LogP contribution in [0, 0.1) is 11.7 Å². The van der Waals surface area contributed by atoms with E-state index in [9.17, 15) is 4.39 Å². The molecule has 23 heavy (non-hydrogen) atoms. The molecule has 0 aliphatic heterocycles. The molecule has 2 rings (SSSR count). The number of hydrogen-bond donors (Lipinski definition) is 0. The van der Waals surface area contributed by atoms with Gasteiger partial charge in [0.15, 0.2) is 0 Å². The molecule has 0 heterocycles. The average Bonchev–Trinajstić information content (AvgIpc) is 2.51. The van der Waals surface area contributed by atoms with E-state index < -0.39 is 0 Å². The number of halogens is 2. The normalized spacial score (nSPS) is 14.6. The van der Waals surface area contributed by atoms with E-state index in [-0.39, 0.29) is 5.82 Å². The van der Waals surface area contributed by atoms with Crippen LogP contribution in [0.5, 0.6) is 0 Å². The number of hydrogen-bond acceptors (Lipinski definition) is 2. The van der Waals surface area contributed by atoms with Crippen LogP contribution in [0.15, 0.2) is 41.3 Å². The van der Waals surface area contributed by atoms with Gasteiger partial charge in [-0.1, -0.05) is 49.7 Å². The summed E-state index contributed by atoms with van der Waals surface area (Å²) in [6.07, 6.45) is 9.02. The van der Waals surface area contributed by atoms with Crippen molar-refractivity contribution in [1.82, 2.24) is 4.90 Å². The summed E-state index contributed by atoms with van der Waals surface area (Å²) in [5.74, 6) is 1.34. The summed E-state index contributed by atoms with van der Waals surface area (Å²) in [4.78, 5) is 3.65. The summed E-state index contributed by atoms with van der Waals surface area (Å²) >= 11 is 8.05. The summed E-state index contributed by atoms with van der Waals surface area (Å²) in [5.41, 5.74) is 0.608. The van der Waals surface area contributed by atoms with Crippen molar-refractivity contribution in [2.75, 3.05) is 18.8 Å². The second kappa shape index (κ2) is 9.51. The first-order chi connectivity index (χ1) is 11.1. The summed E-state index contributed by atoms with van der Waals surface area (Å²) in [6, 6.07) is 4.91. The molecular formula is C19H25ClFNS. The quantitative estimate of drug-likeness (QED) is 0.572. The second-order valence-corrected chi connectivity index (χ2v) is 7.84. The Labute approximate surface area is 148 Å². The van der Waals surface area contributed by atoms with Crippen LogP contribution >= 0.6 is 23.4 Å². The standard InChI is InChI=1S/C19H25ClFNS/c1-15(2)13-22(11-12-23-16-7-4-3-5-8-16)14-17-18(20)9-6-10-19(17)21/h4,6-10,15H,3,5,11-14H2,1-2H3. The van der Waals surface area contributed by atoms with E-state index in [0.717, 1.165) is 31.7 Å². The highest BCUT2D eigenvalue weighted by atomic mass is 35.5. The Balaban J connectivity index is 1.94. The van der Waals surface area contributed by atoms with Crippen LogP contribution in [0.1, 0.15) is 32.3 Å². The van der Waals surface area contributed by atoms with Crippen molar-refractivity contribution >= 4 is 23.4 Å². The topological polar surface area (TPSA) is 3.24 Å². The second-order valence-electron chi connectivity index (χ2n) is 6.26. The maximum atomic E-state index is 14.0. The highest BCUT2D eigenvalue weighted by Gasteiger charge is 2.14. The molecule has 0 bridgehead atoms. The van der Waals surface area contributed by atoms with Gasteiger partial charge in [0.25, 0.3) is 0 Å². The third-order valence-corrected chi connectivity index (χ3v) is 5.08. The van der Waals surface area contributed by atoms with Crippen LogP contribution < -0.4 is 0 Å². The van der Waals surface area contributed by atoms with E-state index in [2.05, 4.69) is 37.0 Å². The van der Waals surface area contributed by atoms with Crippen LogP contribution in [0.25, 0.3) is 0 Å². The van der Waals surface area contributed by atoms with Gasteiger partial charge in [0, 0.05) is 40.9 Å². The van der Waals surface area contributed by atoms with Crippen LogP contribution in [-0.4, -0.2) is 23.7 Å². The van der Waals surface area contributed by atoms with Crippen molar-refractivity contribution in [2.45, 2.75) is 33.2 Å². The fraction of sp³-hybridized carbons (Fsp3) is 0.474. The van der Waals surface area contributed by atoms with E-state index in [1.165, 1.54) is 11.0 Å². The average molecular weight is 354 g/mol. The van der Waals surface area contributed by atoms with Gasteiger partial charge in [-0.2, -0.15) is 0 Å². The van der Waals surface area contributed by atoms with E-state index in [1.54, 1.807) is 12.1 Å². The van der Waals surface area contributed by atoms with Crippen molar-refractivity contribution in [2.24, 2.45) is 5.92 Å². The van der Waals surface area contributed by atoms with Crippen LogP contribution in [0.2, 0.25) is 5.02 Å². The summed E-state index contributed by atoms with van der Waals surface area (Å²) < 4.78 is 14.0. The lowest BCUT2D eigenvalue weighted by molar-refractivity contribution is 0.247. The molecule has 0 unspecified atom stereocenters. The molecule has 0 amide bonds. The van der Waals surface area contributed by atoms with Gasteiger partial charge < -0.3 is 0 Å². The molecule has 0 spiro atoms. The lowest BCUT2D eigenvalue weighted by atomic mass is 10.1. The van der Waals surface area contributed by atoms with Gasteiger partial charge in [-0.25, -0.2) is 4.39 Å². The van der Waals surface area contributed by atoms with E-state index in [0.29, 0.717) is 23.0 Å². The number of benzene rings is 1. The fourth-order valence-corrected chi connectivity index (χ4v) is 3.88. The summed E-state index contributed by atoms with van der Waals surface area (Å²) in [6.45, 7) is 6.82. The van der Waals surface area contributed by atoms with Crippen molar-refractivity contribution < 1.29 is 4.39 Å². The minimum Gasteiger partial charge on any atom is -0.298 e. The molecule has 0 N–H and O–H groups in total. The predicted octanol–water partition coefficient (Wildman–Crippen LogP) is 5.90. The number of allylic oxidation sites excluding steroid dienone is 3. The zero-order valence-corrected chi connectivity index (χ0v) is 15.5. The third-order valence-electron chi connectivity index (χ3n) is 3.70. The zero-order chi connectivity index (χ0) is 16.7. The van der Waals surface area contributed by atoms with E-state index >= 15 is 0 Å². The number of thioether (sulfide) groups is 1. The molecule has 0 fully saturated rings. The molecule has 0 saturated heterocycles. The first-order valence-electron chi connectivity index (χ1n) is 8.21. The first-order valence-corrected chi connectivity index (χ1v) is 9.57. The van der Waals surface area contributed by atoms with Gasteiger partial charge >= 0.3 is 0 Å². The van der Waals surface area contributed by atoms with Gasteiger partial charge in [0.2, 0.25) is 0 Å². The Morgan fingerprint density at radius 2 is 2.13 bits per heavy atom. The highest BCUT2D eigenvalue weighted by molar-refractivity contribution is 8.03. The maximum Gasteiger partial charge on any atom is 0.129 e. The molecule has 0 saturated carbocycles. The molecule has 1 aromatic rings. The molecule has 0 radical (unpaired) electrons. The van der Waals surface area contributed by atoms with Crippen LogP contribution in [0.3, 0.4) is 0 Å². The van der Waals surface area contributed by atoms with Gasteiger partial charge in [0.1, 0.15) is 5.82 Å². The SMILES string of the molecule is CC(C)CN(CCSC1=CCCC=C1)Cc1c(F)cccc1Cl. The summed E-state index contributed by atoms with van der Waals surface area (Å²) in [7, 11) is 0. The Kier molecular flexibility index (Phi) is 7.68. The molecule has 0 atom stereocenters. The first kappa shape index (κ1) is 18.6. The zero-order valence-electron chi connectivity index (χ0n) is 13.9. The van der Waals surface area contributed by atoms with Crippen molar-refractivity contribution in [3.8, 4) is 0 Å². The van der Waals surface area contributed by atoms with Gasteiger partial charge in [-0.15, -0.1) is 11.8 Å². The summed E-state index contributed by atoms with van der Waals surface area (Å²) in [5, 5.41) is 0.518. The lowest BCUT2D eigenvalue weighted by Gasteiger charge is -2.25. The predicted molar refractivity (Wildman–Crippen MR) is 100 cm³/mol. The molecule has 1 aliphatic carbocycles. The van der Waals surface area contributed by atoms with Crippen molar-refractivity contribution in [3.05, 3.63) is 57.7 Å². The monoisotopic (exact) mass is 353 g/mol. The molecule has 1 aromatic carbocycles. The third kappa shape index (κ3) is 6.33. The van der Waals surface area contributed by atoms with Crippen LogP contribution in [-0.2, 0) is 6.54 Å². The number of nitrogens with zero attached hydrogens (tertiary/aromatic N) is 1. The largest absolute Gasteiger partial charge is 0.298 e. The van der Waals surface area contributed by atoms with Gasteiger partial charge in [-0.3, -0.25) is 4.90 Å². The van der Waals surface area contributed by atoms with Crippen molar-refractivity contribution in [1.29, 1.82) is 0 Å². The maximum absolute atomic E-state index is 14.0. The molecule has 0 aromatic heterocycles. The Morgan fingerprint density at radius 3 is 2.78 bits per heavy atom. The fourth-order valence-electron chi connectivity index (χ4n) is 2.65.